The van der Waals surface area contributed by atoms with E-state index in [9.17, 15) is 5.11 Å². The molecule has 0 aliphatic carbocycles. The van der Waals surface area contributed by atoms with Crippen molar-refractivity contribution in [3.05, 3.63) is 28.8 Å². The van der Waals surface area contributed by atoms with Crippen LogP contribution in [0, 0.1) is 11.3 Å². The number of hydrogen-bond acceptors (Lipinski definition) is 4. The Morgan fingerprint density at radius 2 is 2.11 bits per heavy atom. The number of aliphatic hydroxyl groups excluding tert-OH is 1. The summed E-state index contributed by atoms with van der Waals surface area (Å²) in [5, 5.41) is 22.3. The molecule has 2 N–H and O–H groups in total. The summed E-state index contributed by atoms with van der Waals surface area (Å²) in [6.07, 6.45) is -0.452. The Morgan fingerprint density at radius 1 is 1.42 bits per heavy atom. The van der Waals surface area contributed by atoms with Gasteiger partial charge in [-0.15, -0.1) is 0 Å². The molecule has 0 aliphatic rings. The van der Waals surface area contributed by atoms with E-state index >= 15 is 0 Å². The second kappa shape index (κ2) is 8.00. The molecule has 0 amide bonds. The van der Waals surface area contributed by atoms with Crippen LogP contribution in [-0.2, 0) is 0 Å². The summed E-state index contributed by atoms with van der Waals surface area (Å²) < 4.78 is 0. The topological polar surface area (TPSA) is 59.3 Å². The number of aliphatic hydroxyl groups is 1. The molecule has 0 radical (unpaired) electrons. The van der Waals surface area contributed by atoms with Gasteiger partial charge in [-0.3, -0.25) is 0 Å². The Balaban J connectivity index is 2.50. The molecular formula is C14H20ClN3O. The molecule has 0 bridgehead atoms. The van der Waals surface area contributed by atoms with Gasteiger partial charge in [-0.25, -0.2) is 0 Å². The molecule has 0 heterocycles. The maximum atomic E-state index is 9.94. The van der Waals surface area contributed by atoms with Crippen LogP contribution in [0.1, 0.15) is 19.4 Å². The minimum atomic E-state index is -0.452. The van der Waals surface area contributed by atoms with E-state index in [0.29, 0.717) is 23.7 Å². The van der Waals surface area contributed by atoms with E-state index in [1.54, 1.807) is 18.2 Å². The number of anilines is 1. The number of nitrogens with one attached hydrogen (secondary N) is 1. The first kappa shape index (κ1) is 15.8. The molecule has 19 heavy (non-hydrogen) atoms. The Hall–Kier alpha value is -1.28. The molecule has 1 aromatic rings. The normalized spacial score (nSPS) is 12.2. The van der Waals surface area contributed by atoms with E-state index in [0.717, 1.165) is 18.8 Å². The summed E-state index contributed by atoms with van der Waals surface area (Å²) in [6, 6.07) is 7.10. The lowest BCUT2D eigenvalue weighted by molar-refractivity contribution is 0.128. The van der Waals surface area contributed by atoms with Gasteiger partial charge in [0.1, 0.15) is 0 Å². The molecular weight excluding hydrogens is 262 g/mol. The van der Waals surface area contributed by atoms with Crippen molar-refractivity contribution >= 4 is 17.3 Å². The molecule has 4 nitrogen and oxygen atoms in total. The third kappa shape index (κ3) is 5.07. The molecule has 5 heteroatoms. The number of nitriles is 1. The average molecular weight is 282 g/mol. The number of likely N-dealkylation sites (N-methyl/N-ethyl adjacent to an activating group) is 1. The summed E-state index contributed by atoms with van der Waals surface area (Å²) in [4.78, 5) is 2.16. The van der Waals surface area contributed by atoms with Crippen LogP contribution < -0.4 is 5.32 Å². The first-order valence-corrected chi connectivity index (χ1v) is 6.82. The van der Waals surface area contributed by atoms with Gasteiger partial charge < -0.3 is 15.3 Å². The zero-order chi connectivity index (χ0) is 14.3. The van der Waals surface area contributed by atoms with Crippen LogP contribution in [0.4, 0.5) is 5.69 Å². The van der Waals surface area contributed by atoms with Gasteiger partial charge in [0.15, 0.2) is 0 Å². The number of nitrogens with zero attached hydrogens (tertiary/aromatic N) is 2. The molecule has 0 saturated heterocycles. The van der Waals surface area contributed by atoms with Crippen molar-refractivity contribution in [3.8, 4) is 6.07 Å². The van der Waals surface area contributed by atoms with Crippen molar-refractivity contribution in [2.45, 2.75) is 20.0 Å². The monoisotopic (exact) mass is 281 g/mol. The lowest BCUT2D eigenvalue weighted by Crippen LogP contribution is -2.35. The smallest absolute Gasteiger partial charge is 0.0992 e. The summed E-state index contributed by atoms with van der Waals surface area (Å²) >= 11 is 6.05. The minimum absolute atomic E-state index is 0.433. The van der Waals surface area contributed by atoms with E-state index in [1.807, 2.05) is 6.07 Å². The van der Waals surface area contributed by atoms with Crippen LogP contribution in [0.25, 0.3) is 0 Å². The number of benzene rings is 1. The lowest BCUT2D eigenvalue weighted by Gasteiger charge is -2.22. The Kier molecular flexibility index (Phi) is 6.65. The van der Waals surface area contributed by atoms with Gasteiger partial charge in [0.05, 0.1) is 28.4 Å². The zero-order valence-corrected chi connectivity index (χ0v) is 12.1. The van der Waals surface area contributed by atoms with Gasteiger partial charge in [-0.05, 0) is 31.3 Å². The highest BCUT2D eigenvalue weighted by Gasteiger charge is 2.09. The van der Waals surface area contributed by atoms with Crippen LogP contribution in [-0.4, -0.2) is 42.3 Å². The summed E-state index contributed by atoms with van der Waals surface area (Å²) in [5.41, 5.74) is 1.26. The summed E-state index contributed by atoms with van der Waals surface area (Å²) in [5.74, 6) is 0. The van der Waals surface area contributed by atoms with Crippen LogP contribution >= 0.6 is 11.6 Å². The Morgan fingerprint density at radius 3 is 2.63 bits per heavy atom. The highest BCUT2D eigenvalue weighted by Crippen LogP contribution is 2.22. The first-order valence-electron chi connectivity index (χ1n) is 6.44. The van der Waals surface area contributed by atoms with Crippen LogP contribution in [0.3, 0.4) is 0 Å². The zero-order valence-electron chi connectivity index (χ0n) is 11.4. The third-order valence-electron chi connectivity index (χ3n) is 2.99. The third-order valence-corrected chi connectivity index (χ3v) is 3.30. The van der Waals surface area contributed by atoms with Crippen LogP contribution in [0.2, 0.25) is 5.02 Å². The van der Waals surface area contributed by atoms with Gasteiger partial charge in [0.25, 0.3) is 0 Å². The molecule has 1 rings (SSSR count). The van der Waals surface area contributed by atoms with Gasteiger partial charge in [0, 0.05) is 13.1 Å². The molecule has 0 aliphatic heterocycles. The maximum absolute atomic E-state index is 9.94. The summed E-state index contributed by atoms with van der Waals surface area (Å²) in [7, 11) is 0. The molecule has 0 aromatic heterocycles. The van der Waals surface area contributed by atoms with Crippen molar-refractivity contribution in [1.29, 1.82) is 5.26 Å². The fraction of sp³-hybridized carbons (Fsp3) is 0.500. The predicted octanol–water partition coefficient (Wildman–Crippen LogP) is 2.33. The van der Waals surface area contributed by atoms with E-state index < -0.39 is 6.10 Å². The van der Waals surface area contributed by atoms with Crippen LogP contribution in [0.5, 0.6) is 0 Å². The Labute approximate surface area is 119 Å². The molecule has 1 unspecified atom stereocenters. The van der Waals surface area contributed by atoms with Gasteiger partial charge in [-0.1, -0.05) is 25.4 Å². The largest absolute Gasteiger partial charge is 0.390 e. The fourth-order valence-electron chi connectivity index (χ4n) is 1.80. The van der Waals surface area contributed by atoms with E-state index in [1.165, 1.54) is 0 Å². The van der Waals surface area contributed by atoms with Crippen molar-refractivity contribution in [2.75, 3.05) is 31.5 Å². The molecule has 0 spiro atoms. The molecule has 0 fully saturated rings. The quantitative estimate of drug-likeness (QED) is 0.805. The molecule has 104 valence electrons. The Bertz CT molecular complexity index is 441. The van der Waals surface area contributed by atoms with Gasteiger partial charge >= 0.3 is 0 Å². The number of hydrogen-bond donors (Lipinski definition) is 2. The second-order valence-corrected chi connectivity index (χ2v) is 4.73. The molecule has 1 aromatic carbocycles. The minimum Gasteiger partial charge on any atom is -0.390 e. The highest BCUT2D eigenvalue weighted by molar-refractivity contribution is 6.33. The first-order chi connectivity index (χ1) is 9.10. The van der Waals surface area contributed by atoms with Gasteiger partial charge in [-0.2, -0.15) is 5.26 Å². The average Bonchev–Trinajstić information content (AvgIpc) is 2.43. The van der Waals surface area contributed by atoms with E-state index in [-0.39, 0.29) is 0 Å². The fourth-order valence-corrected chi connectivity index (χ4v) is 2.05. The van der Waals surface area contributed by atoms with Crippen molar-refractivity contribution in [3.63, 3.8) is 0 Å². The predicted molar refractivity (Wildman–Crippen MR) is 78.5 cm³/mol. The molecule has 1 atom stereocenters. The van der Waals surface area contributed by atoms with E-state index in [4.69, 9.17) is 16.9 Å². The van der Waals surface area contributed by atoms with Crippen molar-refractivity contribution in [1.82, 2.24) is 4.90 Å². The SMILES string of the molecule is CCN(CC)CC(O)CNc1ccc(C#N)cc1Cl. The lowest BCUT2D eigenvalue weighted by atomic mass is 10.2. The maximum Gasteiger partial charge on any atom is 0.0992 e. The van der Waals surface area contributed by atoms with Crippen molar-refractivity contribution < 1.29 is 5.11 Å². The van der Waals surface area contributed by atoms with E-state index in [2.05, 4.69) is 24.1 Å². The standard InChI is InChI=1S/C14H20ClN3O/c1-3-18(4-2)10-12(19)9-17-14-6-5-11(8-16)7-13(14)15/h5-7,12,17,19H,3-4,9-10H2,1-2H3. The summed E-state index contributed by atoms with van der Waals surface area (Å²) in [6.45, 7) is 7.05. The second-order valence-electron chi connectivity index (χ2n) is 4.33. The molecule has 0 saturated carbocycles. The number of halogens is 1. The number of rotatable bonds is 7. The highest BCUT2D eigenvalue weighted by atomic mass is 35.5. The van der Waals surface area contributed by atoms with Crippen molar-refractivity contribution in [2.24, 2.45) is 0 Å². The van der Waals surface area contributed by atoms with Gasteiger partial charge in [0.2, 0.25) is 0 Å². The van der Waals surface area contributed by atoms with Crippen LogP contribution in [0.15, 0.2) is 18.2 Å².